The third-order valence-corrected chi connectivity index (χ3v) is 6.75. The van der Waals surface area contributed by atoms with Gasteiger partial charge in [-0.3, -0.25) is 9.69 Å². The third kappa shape index (κ3) is 2.93. The second-order valence-corrected chi connectivity index (χ2v) is 8.94. The van der Waals surface area contributed by atoms with E-state index in [9.17, 15) is 4.79 Å². The van der Waals surface area contributed by atoms with Crippen LogP contribution in [0.15, 0.2) is 77.3 Å². The van der Waals surface area contributed by atoms with Crippen LogP contribution >= 0.6 is 27.5 Å². The molecule has 146 valence electrons. The van der Waals surface area contributed by atoms with Crippen LogP contribution in [0.1, 0.15) is 33.5 Å². The summed E-state index contributed by atoms with van der Waals surface area (Å²) in [6, 6.07) is 24.4. The first kappa shape index (κ1) is 18.9. The predicted octanol–water partition coefficient (Wildman–Crippen LogP) is 5.67. The largest absolute Gasteiger partial charge is 0.312 e. The number of benzene rings is 3. The van der Waals surface area contributed by atoms with Crippen LogP contribution in [0, 0.1) is 0 Å². The summed E-state index contributed by atoms with van der Waals surface area (Å²) >= 11 is 9.72. The van der Waals surface area contributed by atoms with Crippen LogP contribution in [0.3, 0.4) is 0 Å². The van der Waals surface area contributed by atoms with Gasteiger partial charge in [-0.1, -0.05) is 70.0 Å². The third-order valence-electron chi connectivity index (χ3n) is 5.97. The summed E-state index contributed by atoms with van der Waals surface area (Å²) < 4.78 is 1.07. The highest BCUT2D eigenvalue weighted by atomic mass is 79.9. The Bertz CT molecular complexity index is 1070. The molecule has 0 N–H and O–H groups in total. The molecule has 2 aliphatic heterocycles. The fourth-order valence-electron chi connectivity index (χ4n) is 4.78. The summed E-state index contributed by atoms with van der Waals surface area (Å²) in [6.07, 6.45) is 0.950. The zero-order valence-electron chi connectivity index (χ0n) is 15.8. The Kier molecular flexibility index (Phi) is 4.73. The number of hydrogen-bond acceptors (Lipinski definition) is 2. The lowest BCUT2D eigenvalue weighted by molar-refractivity contribution is -0.0433. The van der Waals surface area contributed by atoms with E-state index in [2.05, 4.69) is 63.3 Å². The van der Waals surface area contributed by atoms with Crippen molar-refractivity contribution in [1.29, 1.82) is 0 Å². The van der Waals surface area contributed by atoms with E-state index in [1.165, 1.54) is 5.56 Å². The average Bonchev–Trinajstić information content (AvgIpc) is 3.01. The minimum absolute atomic E-state index is 0.107. The number of hydrogen-bond donors (Lipinski definition) is 0. The van der Waals surface area contributed by atoms with Gasteiger partial charge >= 0.3 is 0 Å². The van der Waals surface area contributed by atoms with Crippen LogP contribution in [0.4, 0.5) is 0 Å². The normalized spacial score (nSPS) is 21.2. The van der Waals surface area contributed by atoms with Crippen molar-refractivity contribution in [2.45, 2.75) is 18.6 Å². The molecule has 0 radical (unpaired) electrons. The molecule has 0 aliphatic carbocycles. The molecular weight excluding hydrogens is 448 g/mol. The van der Waals surface area contributed by atoms with Crippen molar-refractivity contribution in [3.05, 3.63) is 105 Å². The summed E-state index contributed by atoms with van der Waals surface area (Å²) in [5.41, 5.74) is 3.55. The van der Waals surface area contributed by atoms with Gasteiger partial charge in [0.15, 0.2) is 0 Å². The highest BCUT2D eigenvalue weighted by Gasteiger charge is 2.55. The predicted molar refractivity (Wildman–Crippen MR) is 119 cm³/mol. The van der Waals surface area contributed by atoms with Gasteiger partial charge in [-0.2, -0.15) is 0 Å². The van der Waals surface area contributed by atoms with Gasteiger partial charge in [0.05, 0.1) is 0 Å². The highest BCUT2D eigenvalue weighted by molar-refractivity contribution is 9.10. The van der Waals surface area contributed by atoms with Crippen molar-refractivity contribution in [1.82, 2.24) is 9.80 Å². The molecule has 5 rings (SSSR count). The van der Waals surface area contributed by atoms with E-state index in [1.54, 1.807) is 0 Å². The zero-order valence-corrected chi connectivity index (χ0v) is 18.2. The van der Waals surface area contributed by atoms with Crippen LogP contribution in [-0.4, -0.2) is 28.8 Å². The molecule has 2 heterocycles. The molecule has 5 heteroatoms. The first-order valence-electron chi connectivity index (χ1n) is 9.78. The van der Waals surface area contributed by atoms with Crippen LogP contribution in [0.25, 0.3) is 0 Å². The fourth-order valence-corrected chi connectivity index (χ4v) is 5.17. The van der Waals surface area contributed by atoms with E-state index < -0.39 is 5.66 Å². The molecule has 1 unspecified atom stereocenters. The quantitative estimate of drug-likeness (QED) is 0.496. The summed E-state index contributed by atoms with van der Waals surface area (Å²) in [6.45, 7) is 2.41. The van der Waals surface area contributed by atoms with Crippen LogP contribution in [-0.2, 0) is 12.2 Å². The van der Waals surface area contributed by atoms with Crippen LogP contribution in [0.2, 0.25) is 5.02 Å². The molecule has 0 bridgehead atoms. The molecule has 1 amide bonds. The molecule has 1 fully saturated rings. The topological polar surface area (TPSA) is 23.6 Å². The molecule has 0 saturated carbocycles. The zero-order chi connectivity index (χ0) is 20.0. The maximum absolute atomic E-state index is 13.4. The number of carbonyl (C=O) groups excluding carboxylic acids is 1. The maximum atomic E-state index is 13.4. The number of rotatable bonds is 3. The fraction of sp³-hybridized carbons (Fsp3) is 0.208. The van der Waals surface area contributed by atoms with Crippen molar-refractivity contribution in [2.75, 3.05) is 13.1 Å². The van der Waals surface area contributed by atoms with Gasteiger partial charge in [-0.05, 0) is 47.9 Å². The minimum atomic E-state index is -0.608. The van der Waals surface area contributed by atoms with Crippen LogP contribution in [0.5, 0.6) is 0 Å². The lowest BCUT2D eigenvalue weighted by Gasteiger charge is -2.51. The van der Waals surface area contributed by atoms with E-state index >= 15 is 0 Å². The Morgan fingerprint density at radius 2 is 1.66 bits per heavy atom. The molecule has 0 aromatic heterocycles. The SMILES string of the molecule is O=C1c2ccccc2C2(c3ccc(Cl)cc3)N(Cc3ccc(Br)cc3)CCCN12. The Morgan fingerprint density at radius 3 is 2.41 bits per heavy atom. The standard InChI is InChI=1S/C24H20BrClN2O/c25-19-10-6-17(7-11-19)16-27-14-3-15-28-23(29)21-4-1-2-5-22(21)24(27,28)18-8-12-20(26)13-9-18/h1-2,4-13H,3,14-16H2. The van der Waals surface area contributed by atoms with E-state index in [4.69, 9.17) is 11.6 Å². The lowest BCUT2D eigenvalue weighted by atomic mass is 9.87. The van der Waals surface area contributed by atoms with E-state index in [0.29, 0.717) is 5.02 Å². The summed E-state index contributed by atoms with van der Waals surface area (Å²) in [7, 11) is 0. The van der Waals surface area contributed by atoms with E-state index in [-0.39, 0.29) is 5.91 Å². The van der Waals surface area contributed by atoms with Gasteiger partial charge in [-0.25, -0.2) is 0 Å². The molecule has 3 aromatic rings. The minimum Gasteiger partial charge on any atom is -0.312 e. The molecule has 1 atom stereocenters. The van der Waals surface area contributed by atoms with E-state index in [0.717, 1.165) is 47.2 Å². The average molecular weight is 468 g/mol. The van der Waals surface area contributed by atoms with Crippen molar-refractivity contribution in [2.24, 2.45) is 0 Å². The smallest absolute Gasteiger partial charge is 0.256 e. The van der Waals surface area contributed by atoms with Gasteiger partial charge in [0, 0.05) is 40.3 Å². The molecule has 3 nitrogen and oxygen atoms in total. The monoisotopic (exact) mass is 466 g/mol. The molecule has 0 spiro atoms. The van der Waals surface area contributed by atoms with Gasteiger partial charge in [0.2, 0.25) is 0 Å². The number of carbonyl (C=O) groups is 1. The molecule has 1 saturated heterocycles. The Morgan fingerprint density at radius 1 is 0.931 bits per heavy atom. The maximum Gasteiger partial charge on any atom is 0.256 e. The van der Waals surface area contributed by atoms with Gasteiger partial charge < -0.3 is 4.90 Å². The highest BCUT2D eigenvalue weighted by Crippen LogP contribution is 2.49. The Balaban J connectivity index is 1.71. The van der Waals surface area contributed by atoms with E-state index in [1.807, 2.05) is 35.2 Å². The van der Waals surface area contributed by atoms with Gasteiger partial charge in [-0.15, -0.1) is 0 Å². The number of halogens is 2. The first-order chi connectivity index (χ1) is 14.1. The number of amides is 1. The number of nitrogens with zero attached hydrogens (tertiary/aromatic N) is 2. The van der Waals surface area contributed by atoms with Crippen molar-refractivity contribution in [3.8, 4) is 0 Å². The van der Waals surface area contributed by atoms with Gasteiger partial charge in [0.25, 0.3) is 5.91 Å². The first-order valence-corrected chi connectivity index (χ1v) is 10.9. The molecule has 2 aliphatic rings. The lowest BCUT2D eigenvalue weighted by Crippen LogP contribution is -2.60. The van der Waals surface area contributed by atoms with Crippen molar-refractivity contribution >= 4 is 33.4 Å². The van der Waals surface area contributed by atoms with Crippen molar-refractivity contribution < 1.29 is 4.79 Å². The van der Waals surface area contributed by atoms with Crippen LogP contribution < -0.4 is 0 Å². The van der Waals surface area contributed by atoms with Gasteiger partial charge in [0.1, 0.15) is 5.66 Å². The summed E-state index contributed by atoms with van der Waals surface area (Å²) in [5, 5.41) is 0.699. The van der Waals surface area contributed by atoms with Crippen molar-refractivity contribution in [3.63, 3.8) is 0 Å². The Labute approximate surface area is 184 Å². The molecular formula is C24H20BrClN2O. The second kappa shape index (κ2) is 7.28. The molecule has 29 heavy (non-hydrogen) atoms. The summed E-state index contributed by atoms with van der Waals surface area (Å²) in [5.74, 6) is 0.107. The Hall–Kier alpha value is -2.14. The summed E-state index contributed by atoms with van der Waals surface area (Å²) in [4.78, 5) is 17.9. The second-order valence-electron chi connectivity index (χ2n) is 7.58. The number of fused-ring (bicyclic) bond motifs is 3. The molecule has 3 aromatic carbocycles.